The molecule has 4 aliphatic carbocycles. The standard InChI is InChI=1S/C18H16O.2C5H5.2Fe/c1-14-8-7-13-17(14)18(19,16-11-5-6-12-16)15-9-3-2-4-10-15;2*1-2-4-5-3-1;;/h2-13,19H,1H3;2*1-5H;;/q;;;2*+2/t18-;;;;/m0..../s1. The topological polar surface area (TPSA) is 20.2 Å². The first kappa shape index (κ1) is 29.3. The van der Waals surface area contributed by atoms with Gasteiger partial charge in [0, 0.05) is 11.8 Å². The van der Waals surface area contributed by atoms with Crippen molar-refractivity contribution in [2.45, 2.75) is 12.5 Å². The van der Waals surface area contributed by atoms with Crippen molar-refractivity contribution < 1.29 is 39.2 Å². The van der Waals surface area contributed by atoms with Gasteiger partial charge < -0.3 is 5.11 Å². The third-order valence-corrected chi connectivity index (χ3v) is 4.81. The molecule has 31 heavy (non-hydrogen) atoms. The number of hydrogen-bond acceptors (Lipinski definition) is 1. The van der Waals surface area contributed by atoms with E-state index in [1.807, 2.05) is 146 Å². The van der Waals surface area contributed by atoms with Crippen LogP contribution in [0.3, 0.4) is 0 Å². The zero-order valence-corrected chi connectivity index (χ0v) is 19.6. The van der Waals surface area contributed by atoms with Gasteiger partial charge in [-0.15, -0.1) is 0 Å². The Labute approximate surface area is 213 Å². The van der Waals surface area contributed by atoms with Crippen LogP contribution < -0.4 is 0 Å². The molecule has 1 aromatic rings. The normalized spacial score (nSPS) is 23.5. The second-order valence-electron chi connectivity index (χ2n) is 6.80. The summed E-state index contributed by atoms with van der Waals surface area (Å²) in [5.41, 5.74) is -0.172. The van der Waals surface area contributed by atoms with Crippen LogP contribution in [0.15, 0.2) is 30.3 Å². The van der Waals surface area contributed by atoms with Crippen molar-refractivity contribution in [1.82, 2.24) is 0 Å². The molecule has 0 amide bonds. The van der Waals surface area contributed by atoms with E-state index in [0.717, 1.165) is 23.3 Å². The summed E-state index contributed by atoms with van der Waals surface area (Å²) in [7, 11) is 0. The van der Waals surface area contributed by atoms with Crippen molar-refractivity contribution in [1.29, 1.82) is 0 Å². The smallest absolute Gasteiger partial charge is 0.384 e. The van der Waals surface area contributed by atoms with E-state index in [9.17, 15) is 5.11 Å². The van der Waals surface area contributed by atoms with Crippen molar-refractivity contribution in [3.8, 4) is 0 Å². The Morgan fingerprint density at radius 2 is 1.00 bits per heavy atom. The Hall–Kier alpha value is 0.219. The molecule has 4 aliphatic rings. The minimum atomic E-state index is -1.07. The van der Waals surface area contributed by atoms with E-state index >= 15 is 0 Å². The van der Waals surface area contributed by atoms with Crippen LogP contribution in [0.2, 0.25) is 0 Å². The van der Waals surface area contributed by atoms with Gasteiger partial charge >= 0.3 is 34.1 Å². The Morgan fingerprint density at radius 1 is 0.548 bits per heavy atom. The first-order chi connectivity index (χ1) is 14.2. The molecule has 4 saturated carbocycles. The van der Waals surface area contributed by atoms with E-state index in [0.29, 0.717) is 0 Å². The molecule has 0 heterocycles. The van der Waals surface area contributed by atoms with Gasteiger partial charge in [-0.2, -0.15) is 0 Å². The van der Waals surface area contributed by atoms with Crippen LogP contribution in [0.5, 0.6) is 0 Å². The van der Waals surface area contributed by atoms with Crippen LogP contribution >= 0.6 is 0 Å². The van der Waals surface area contributed by atoms with Gasteiger partial charge in [0.25, 0.3) is 0 Å². The third-order valence-electron chi connectivity index (χ3n) is 4.81. The molecule has 1 nitrogen and oxygen atoms in total. The Morgan fingerprint density at radius 3 is 1.39 bits per heavy atom. The predicted octanol–water partition coefficient (Wildman–Crippen LogP) is 5.11. The molecule has 0 aliphatic heterocycles. The van der Waals surface area contributed by atoms with Crippen LogP contribution in [-0.2, 0) is 39.7 Å². The van der Waals surface area contributed by atoms with Gasteiger partial charge in [0.05, 0.1) is 0 Å². The Kier molecular flexibility index (Phi) is 15.0. The van der Waals surface area contributed by atoms with E-state index in [-0.39, 0.29) is 34.1 Å². The van der Waals surface area contributed by atoms with Crippen LogP contribution in [0, 0.1) is 127 Å². The van der Waals surface area contributed by atoms with Crippen molar-refractivity contribution in [2.24, 2.45) is 0 Å². The van der Waals surface area contributed by atoms with Crippen LogP contribution in [0.4, 0.5) is 0 Å². The fourth-order valence-electron chi connectivity index (χ4n) is 3.33. The molecule has 0 unspecified atom stereocenters. The second-order valence-corrected chi connectivity index (χ2v) is 6.80. The van der Waals surface area contributed by atoms with Crippen molar-refractivity contribution in [3.63, 3.8) is 0 Å². The molecule has 156 valence electrons. The van der Waals surface area contributed by atoms with Gasteiger partial charge in [-0.3, -0.25) is 0 Å². The molecule has 5 rings (SSSR count). The molecule has 0 spiro atoms. The molecule has 1 N–H and O–H groups in total. The van der Waals surface area contributed by atoms with Gasteiger partial charge in [0.2, 0.25) is 0 Å². The van der Waals surface area contributed by atoms with Gasteiger partial charge in [0.15, 0.2) is 0 Å². The summed E-state index contributed by atoms with van der Waals surface area (Å²) >= 11 is 0. The van der Waals surface area contributed by atoms with E-state index in [4.69, 9.17) is 0 Å². The zero-order valence-electron chi connectivity index (χ0n) is 17.4. The van der Waals surface area contributed by atoms with E-state index < -0.39 is 5.60 Å². The molecule has 3 heteroatoms. The quantitative estimate of drug-likeness (QED) is 0.585. The minimum absolute atomic E-state index is 0. The predicted molar refractivity (Wildman–Crippen MR) is 119 cm³/mol. The van der Waals surface area contributed by atoms with E-state index in [1.165, 1.54) is 0 Å². The maximum Gasteiger partial charge on any atom is 2.00 e. The van der Waals surface area contributed by atoms with Crippen LogP contribution in [0.1, 0.15) is 12.5 Å². The first-order valence-electron chi connectivity index (χ1n) is 9.79. The fraction of sp³-hybridized carbons (Fsp3) is 0.0714. The minimum Gasteiger partial charge on any atom is -0.384 e. The summed E-state index contributed by atoms with van der Waals surface area (Å²) in [6.07, 6.45) is 33.9. The van der Waals surface area contributed by atoms with Gasteiger partial charge in [-0.1, -0.05) is 37.3 Å². The molecule has 0 saturated heterocycles. The molecule has 1 atom stereocenters. The molecule has 0 bridgehead atoms. The molecule has 4 fully saturated rings. The summed E-state index contributed by atoms with van der Waals surface area (Å²) < 4.78 is 0. The largest absolute Gasteiger partial charge is 2.00 e. The number of aliphatic hydroxyl groups is 1. The zero-order chi connectivity index (χ0) is 20.4. The molecule has 1 aromatic carbocycles. The average Bonchev–Trinajstić information content (AvgIpc) is 3.57. The van der Waals surface area contributed by atoms with Crippen molar-refractivity contribution in [3.05, 3.63) is 163 Å². The summed E-state index contributed by atoms with van der Waals surface area (Å²) in [4.78, 5) is 0. The Bertz CT molecular complexity index is 524. The summed E-state index contributed by atoms with van der Waals surface area (Å²) in [6.45, 7) is 2.03. The van der Waals surface area contributed by atoms with Gasteiger partial charge in [-0.25, -0.2) is 0 Å². The average molecular weight is 490 g/mol. The summed E-state index contributed by atoms with van der Waals surface area (Å²) in [5.74, 6) is 2.96. The maximum absolute atomic E-state index is 11.4. The van der Waals surface area contributed by atoms with Crippen LogP contribution in [0.25, 0.3) is 0 Å². The van der Waals surface area contributed by atoms with Gasteiger partial charge in [-0.05, 0) is 121 Å². The SMILES string of the molecule is C[C]1[CH][CH][CH][C]1[C@@](O)([C]1[CH][CH][CH][CH]1)c1ccccc1.[CH]1[CH][CH][CH][CH]1.[CH]1[CH][CH][CH][CH]1.[Fe+2].[Fe+2]. The number of rotatable bonds is 3. The number of hydrogen-bond donors (Lipinski definition) is 1. The van der Waals surface area contributed by atoms with Crippen molar-refractivity contribution in [2.75, 3.05) is 0 Å². The third kappa shape index (κ3) is 8.50. The second kappa shape index (κ2) is 15.9. The van der Waals surface area contributed by atoms with Crippen LogP contribution in [-0.4, -0.2) is 5.11 Å². The van der Waals surface area contributed by atoms with E-state index in [1.54, 1.807) is 0 Å². The molecule has 20 radical (unpaired) electrons. The number of benzene rings is 1. The first-order valence-corrected chi connectivity index (χ1v) is 9.79. The monoisotopic (exact) mass is 490 g/mol. The van der Waals surface area contributed by atoms with E-state index in [2.05, 4.69) is 0 Å². The summed E-state index contributed by atoms with van der Waals surface area (Å²) in [6, 6.07) is 9.83. The molecule has 0 aromatic heterocycles. The Balaban J connectivity index is 0.000000331. The van der Waals surface area contributed by atoms with Gasteiger partial charge in [0.1, 0.15) is 5.60 Å². The molecular weight excluding hydrogens is 464 g/mol. The summed E-state index contributed by atoms with van der Waals surface area (Å²) in [5, 5.41) is 11.4. The maximum atomic E-state index is 11.4. The fourth-order valence-corrected chi connectivity index (χ4v) is 3.33. The molecular formula is C28H26Fe2O+4. The van der Waals surface area contributed by atoms with Crippen molar-refractivity contribution >= 4 is 0 Å².